The predicted molar refractivity (Wildman–Crippen MR) is 97.2 cm³/mol. The summed E-state index contributed by atoms with van der Waals surface area (Å²) in [5.74, 6) is 0.964. The lowest BCUT2D eigenvalue weighted by Gasteiger charge is -2.23. The zero-order valence-electron chi connectivity index (χ0n) is 13.9. The molecule has 1 amide bonds. The molecule has 24 heavy (non-hydrogen) atoms. The lowest BCUT2D eigenvalue weighted by atomic mass is 10.1. The highest BCUT2D eigenvalue weighted by atomic mass is 32.1. The van der Waals surface area contributed by atoms with Crippen LogP contribution < -0.4 is 10.2 Å². The second-order valence-electron chi connectivity index (χ2n) is 6.81. The molecule has 1 saturated heterocycles. The molecule has 126 valence electrons. The average Bonchev–Trinajstić information content (AvgIpc) is 3.11. The van der Waals surface area contributed by atoms with Crippen LogP contribution in [0.1, 0.15) is 55.3 Å². The van der Waals surface area contributed by atoms with Gasteiger partial charge in [0.15, 0.2) is 0 Å². The van der Waals surface area contributed by atoms with Crippen LogP contribution in [0.2, 0.25) is 0 Å². The monoisotopic (exact) mass is 341 g/mol. The molecule has 1 aromatic heterocycles. The number of nitrogens with zero attached hydrogens (tertiary/aromatic N) is 2. The molecule has 5 heteroatoms. The van der Waals surface area contributed by atoms with Crippen LogP contribution in [-0.4, -0.2) is 17.4 Å². The molecule has 2 heterocycles. The highest BCUT2D eigenvalue weighted by molar-refractivity contribution is 7.09. The van der Waals surface area contributed by atoms with Crippen molar-refractivity contribution < 1.29 is 4.79 Å². The Kier molecular flexibility index (Phi) is 4.37. The minimum Gasteiger partial charge on any atom is -0.312 e. The summed E-state index contributed by atoms with van der Waals surface area (Å²) in [6.07, 6.45) is 6.12. The number of amides is 1. The summed E-state index contributed by atoms with van der Waals surface area (Å²) >= 11 is 1.74. The fraction of sp³-hybridized carbons (Fsp3) is 0.474. The van der Waals surface area contributed by atoms with E-state index in [1.807, 2.05) is 11.1 Å². The molecule has 1 aromatic carbocycles. The van der Waals surface area contributed by atoms with E-state index in [4.69, 9.17) is 0 Å². The molecular formula is C19H23N3OS. The van der Waals surface area contributed by atoms with Crippen molar-refractivity contribution in [2.75, 3.05) is 11.4 Å². The van der Waals surface area contributed by atoms with E-state index < -0.39 is 0 Å². The first-order chi connectivity index (χ1) is 11.7. The Morgan fingerprint density at radius 2 is 2.08 bits per heavy atom. The summed E-state index contributed by atoms with van der Waals surface area (Å²) in [5, 5.41) is 7.02. The number of nitrogens with one attached hydrogen (secondary N) is 1. The molecule has 0 bridgehead atoms. The van der Waals surface area contributed by atoms with Crippen LogP contribution in [-0.2, 0) is 4.79 Å². The summed E-state index contributed by atoms with van der Waals surface area (Å²) in [7, 11) is 0. The van der Waals surface area contributed by atoms with E-state index in [1.165, 1.54) is 23.4 Å². The Labute approximate surface area is 146 Å². The molecule has 0 spiro atoms. The standard InChI is InChI=1S/C19H23N3OS/c1-13(21-18(15-4-5-15)19-20-10-12-24-19)14-6-8-16(9-7-14)22-11-2-3-17(22)23/h6-10,12-13,15,18,21H,2-5,11H2,1H3/t13-,18-/m1/s1. The van der Waals surface area contributed by atoms with E-state index in [1.54, 1.807) is 11.3 Å². The molecule has 2 aromatic rings. The number of thiazole rings is 1. The van der Waals surface area contributed by atoms with Crippen molar-refractivity contribution in [3.05, 3.63) is 46.4 Å². The highest BCUT2D eigenvalue weighted by Crippen LogP contribution is 2.42. The molecule has 2 fully saturated rings. The van der Waals surface area contributed by atoms with Crippen LogP contribution in [0.25, 0.3) is 0 Å². The van der Waals surface area contributed by atoms with E-state index in [2.05, 4.69) is 46.9 Å². The molecule has 4 rings (SSSR count). The second-order valence-corrected chi connectivity index (χ2v) is 7.74. The lowest BCUT2D eigenvalue weighted by molar-refractivity contribution is -0.117. The van der Waals surface area contributed by atoms with Gasteiger partial charge >= 0.3 is 0 Å². The van der Waals surface area contributed by atoms with Gasteiger partial charge in [-0.3, -0.25) is 4.79 Å². The first-order valence-electron chi connectivity index (χ1n) is 8.78. The molecule has 1 aliphatic carbocycles. The molecule has 1 saturated carbocycles. The van der Waals surface area contributed by atoms with Crippen molar-refractivity contribution in [2.24, 2.45) is 5.92 Å². The van der Waals surface area contributed by atoms with Gasteiger partial charge in [0, 0.05) is 36.3 Å². The van der Waals surface area contributed by atoms with Crippen LogP contribution in [0, 0.1) is 5.92 Å². The zero-order valence-corrected chi connectivity index (χ0v) is 14.8. The van der Waals surface area contributed by atoms with Crippen LogP contribution in [0.3, 0.4) is 0 Å². The number of aromatic nitrogens is 1. The first kappa shape index (κ1) is 15.8. The van der Waals surface area contributed by atoms with Gasteiger partial charge in [0.2, 0.25) is 5.91 Å². The summed E-state index contributed by atoms with van der Waals surface area (Å²) < 4.78 is 0. The summed E-state index contributed by atoms with van der Waals surface area (Å²) in [6, 6.07) is 9.07. The first-order valence-corrected chi connectivity index (χ1v) is 9.66. The van der Waals surface area contributed by atoms with E-state index in [0.717, 1.165) is 24.6 Å². The molecule has 1 aliphatic heterocycles. The number of anilines is 1. The normalized spacial score (nSPS) is 20.4. The largest absolute Gasteiger partial charge is 0.312 e. The summed E-state index contributed by atoms with van der Waals surface area (Å²) in [6.45, 7) is 3.05. The van der Waals surface area contributed by atoms with Gasteiger partial charge in [-0.2, -0.15) is 0 Å². The number of carbonyl (C=O) groups is 1. The van der Waals surface area contributed by atoms with Crippen LogP contribution in [0.4, 0.5) is 5.69 Å². The van der Waals surface area contributed by atoms with Gasteiger partial charge in [-0.15, -0.1) is 11.3 Å². The van der Waals surface area contributed by atoms with Gasteiger partial charge in [0.05, 0.1) is 6.04 Å². The highest BCUT2D eigenvalue weighted by Gasteiger charge is 2.34. The van der Waals surface area contributed by atoms with Gasteiger partial charge in [-0.25, -0.2) is 4.98 Å². The zero-order chi connectivity index (χ0) is 16.5. The van der Waals surface area contributed by atoms with Crippen molar-refractivity contribution in [1.82, 2.24) is 10.3 Å². The number of rotatable bonds is 6. The smallest absolute Gasteiger partial charge is 0.227 e. The fourth-order valence-corrected chi connectivity index (χ4v) is 4.25. The van der Waals surface area contributed by atoms with Gasteiger partial charge in [0.25, 0.3) is 0 Å². The van der Waals surface area contributed by atoms with Gasteiger partial charge in [-0.1, -0.05) is 12.1 Å². The van der Waals surface area contributed by atoms with Crippen molar-refractivity contribution in [3.63, 3.8) is 0 Å². The molecule has 0 radical (unpaired) electrons. The van der Waals surface area contributed by atoms with Crippen LogP contribution >= 0.6 is 11.3 Å². The van der Waals surface area contributed by atoms with Crippen molar-refractivity contribution >= 4 is 22.9 Å². The van der Waals surface area contributed by atoms with E-state index >= 15 is 0 Å². The Hall–Kier alpha value is -1.72. The average molecular weight is 341 g/mol. The topological polar surface area (TPSA) is 45.2 Å². The fourth-order valence-electron chi connectivity index (χ4n) is 3.46. The summed E-state index contributed by atoms with van der Waals surface area (Å²) in [4.78, 5) is 18.3. The Morgan fingerprint density at radius 1 is 1.29 bits per heavy atom. The number of benzene rings is 1. The minimum atomic E-state index is 0.242. The molecular weight excluding hydrogens is 318 g/mol. The van der Waals surface area contributed by atoms with Crippen molar-refractivity contribution in [1.29, 1.82) is 0 Å². The van der Waals surface area contributed by atoms with E-state index in [9.17, 15) is 4.79 Å². The quantitative estimate of drug-likeness (QED) is 0.861. The van der Waals surface area contributed by atoms with Gasteiger partial charge in [-0.05, 0) is 49.8 Å². The summed E-state index contributed by atoms with van der Waals surface area (Å²) in [5.41, 5.74) is 2.28. The Balaban J connectivity index is 1.46. The Bertz CT molecular complexity index is 694. The number of carbonyl (C=O) groups excluding carboxylic acids is 1. The number of hydrogen-bond donors (Lipinski definition) is 1. The molecule has 1 N–H and O–H groups in total. The third-order valence-corrected chi connectivity index (χ3v) is 5.88. The van der Waals surface area contributed by atoms with Gasteiger partial charge < -0.3 is 10.2 Å². The van der Waals surface area contributed by atoms with Gasteiger partial charge in [0.1, 0.15) is 5.01 Å². The second kappa shape index (κ2) is 6.65. The molecule has 2 atom stereocenters. The molecule has 2 aliphatic rings. The van der Waals surface area contributed by atoms with E-state index in [-0.39, 0.29) is 11.9 Å². The third kappa shape index (κ3) is 3.23. The molecule has 0 unspecified atom stereocenters. The van der Waals surface area contributed by atoms with Crippen LogP contribution in [0.15, 0.2) is 35.8 Å². The number of hydrogen-bond acceptors (Lipinski definition) is 4. The van der Waals surface area contributed by atoms with Crippen molar-refractivity contribution in [2.45, 2.75) is 44.7 Å². The lowest BCUT2D eigenvalue weighted by Crippen LogP contribution is -2.26. The minimum absolute atomic E-state index is 0.242. The predicted octanol–water partition coefficient (Wildman–Crippen LogP) is 4.07. The third-order valence-electron chi connectivity index (χ3n) is 5.02. The molecule has 4 nitrogen and oxygen atoms in total. The maximum absolute atomic E-state index is 11.9. The van der Waals surface area contributed by atoms with E-state index in [0.29, 0.717) is 12.5 Å². The SMILES string of the molecule is C[C@@H](N[C@@H](c1nccs1)C1CC1)c1ccc(N2CCCC2=O)cc1. The van der Waals surface area contributed by atoms with Crippen LogP contribution in [0.5, 0.6) is 0 Å². The Morgan fingerprint density at radius 3 is 2.67 bits per heavy atom. The van der Waals surface area contributed by atoms with Crippen molar-refractivity contribution in [3.8, 4) is 0 Å². The maximum atomic E-state index is 11.9. The maximum Gasteiger partial charge on any atom is 0.227 e.